The SMILES string of the molecule is CCOc1ccc(C(NC)c2ccccc2C)cc1Br. The van der Waals surface area contributed by atoms with Gasteiger partial charge in [-0.25, -0.2) is 0 Å². The Morgan fingerprint density at radius 3 is 2.55 bits per heavy atom. The van der Waals surface area contributed by atoms with E-state index < -0.39 is 0 Å². The van der Waals surface area contributed by atoms with Crippen LogP contribution in [0.2, 0.25) is 0 Å². The summed E-state index contributed by atoms with van der Waals surface area (Å²) >= 11 is 3.58. The Morgan fingerprint density at radius 1 is 1.20 bits per heavy atom. The van der Waals surface area contributed by atoms with Crippen molar-refractivity contribution in [3.05, 3.63) is 63.6 Å². The molecule has 0 saturated heterocycles. The monoisotopic (exact) mass is 333 g/mol. The van der Waals surface area contributed by atoms with Crippen molar-refractivity contribution >= 4 is 15.9 Å². The summed E-state index contributed by atoms with van der Waals surface area (Å²) in [5, 5.41) is 3.39. The van der Waals surface area contributed by atoms with Crippen molar-refractivity contribution in [1.29, 1.82) is 0 Å². The molecular formula is C17H20BrNO. The molecule has 3 heteroatoms. The van der Waals surface area contributed by atoms with Gasteiger partial charge in [-0.15, -0.1) is 0 Å². The third-order valence-corrected chi connectivity index (χ3v) is 4.00. The molecule has 20 heavy (non-hydrogen) atoms. The average molecular weight is 334 g/mol. The lowest BCUT2D eigenvalue weighted by atomic mass is 9.95. The summed E-state index contributed by atoms with van der Waals surface area (Å²) in [7, 11) is 1.99. The molecule has 1 unspecified atom stereocenters. The van der Waals surface area contributed by atoms with Crippen LogP contribution in [0.4, 0.5) is 0 Å². The molecule has 2 aromatic rings. The topological polar surface area (TPSA) is 21.3 Å². The van der Waals surface area contributed by atoms with Gasteiger partial charge in [-0.1, -0.05) is 30.3 Å². The summed E-state index contributed by atoms with van der Waals surface area (Å²) in [6.45, 7) is 4.80. The molecular weight excluding hydrogens is 314 g/mol. The van der Waals surface area contributed by atoms with Crippen molar-refractivity contribution in [3.63, 3.8) is 0 Å². The van der Waals surface area contributed by atoms with Crippen molar-refractivity contribution in [2.45, 2.75) is 19.9 Å². The Morgan fingerprint density at radius 2 is 1.95 bits per heavy atom. The van der Waals surface area contributed by atoms with E-state index in [4.69, 9.17) is 4.74 Å². The summed E-state index contributed by atoms with van der Waals surface area (Å²) in [5.41, 5.74) is 3.81. The molecule has 0 bridgehead atoms. The Kier molecular flexibility index (Phi) is 5.21. The molecule has 1 atom stereocenters. The van der Waals surface area contributed by atoms with Gasteiger partial charge in [-0.05, 0) is 65.6 Å². The number of rotatable bonds is 5. The Labute approximate surface area is 129 Å². The van der Waals surface area contributed by atoms with Crippen molar-refractivity contribution in [2.75, 3.05) is 13.7 Å². The van der Waals surface area contributed by atoms with Crippen molar-refractivity contribution in [2.24, 2.45) is 0 Å². The van der Waals surface area contributed by atoms with Crippen molar-refractivity contribution in [3.8, 4) is 5.75 Å². The zero-order valence-electron chi connectivity index (χ0n) is 12.1. The molecule has 0 radical (unpaired) electrons. The summed E-state index contributed by atoms with van der Waals surface area (Å²) in [6, 6.07) is 14.9. The number of hydrogen-bond acceptors (Lipinski definition) is 2. The maximum atomic E-state index is 5.57. The highest BCUT2D eigenvalue weighted by Crippen LogP contribution is 2.31. The van der Waals surface area contributed by atoms with E-state index >= 15 is 0 Å². The smallest absolute Gasteiger partial charge is 0.133 e. The molecule has 0 aliphatic rings. The number of aryl methyl sites for hydroxylation is 1. The summed E-state index contributed by atoms with van der Waals surface area (Å²) < 4.78 is 6.56. The van der Waals surface area contributed by atoms with Gasteiger partial charge < -0.3 is 10.1 Å². The number of ether oxygens (including phenoxy) is 1. The van der Waals surface area contributed by atoms with Gasteiger partial charge in [0.05, 0.1) is 17.1 Å². The fourth-order valence-corrected chi connectivity index (χ4v) is 2.89. The van der Waals surface area contributed by atoms with Gasteiger partial charge in [0.1, 0.15) is 5.75 Å². The molecule has 0 saturated carbocycles. The van der Waals surface area contributed by atoms with Crippen LogP contribution in [0.15, 0.2) is 46.9 Å². The Balaban J connectivity index is 2.38. The third-order valence-electron chi connectivity index (χ3n) is 3.38. The molecule has 0 aliphatic carbocycles. The van der Waals surface area contributed by atoms with E-state index in [0.29, 0.717) is 6.61 Å². The van der Waals surface area contributed by atoms with Crippen LogP contribution in [0, 0.1) is 6.92 Å². The van der Waals surface area contributed by atoms with E-state index in [1.54, 1.807) is 0 Å². The Hall–Kier alpha value is -1.32. The van der Waals surface area contributed by atoms with Gasteiger partial charge in [0, 0.05) is 0 Å². The minimum atomic E-state index is 0.183. The number of halogens is 1. The highest BCUT2D eigenvalue weighted by molar-refractivity contribution is 9.10. The summed E-state index contributed by atoms with van der Waals surface area (Å²) in [5.74, 6) is 0.885. The molecule has 0 fully saturated rings. The lowest BCUT2D eigenvalue weighted by Gasteiger charge is -2.20. The highest BCUT2D eigenvalue weighted by atomic mass is 79.9. The van der Waals surface area contributed by atoms with Crippen LogP contribution >= 0.6 is 15.9 Å². The Bertz CT molecular complexity index is 583. The van der Waals surface area contributed by atoms with Crippen LogP contribution in [0.3, 0.4) is 0 Å². The molecule has 0 heterocycles. The van der Waals surface area contributed by atoms with Crippen LogP contribution in [-0.4, -0.2) is 13.7 Å². The van der Waals surface area contributed by atoms with Gasteiger partial charge >= 0.3 is 0 Å². The van der Waals surface area contributed by atoms with Crippen LogP contribution in [0.1, 0.15) is 29.7 Å². The fraction of sp³-hybridized carbons (Fsp3) is 0.294. The van der Waals surface area contributed by atoms with Gasteiger partial charge in [-0.3, -0.25) is 0 Å². The summed E-state index contributed by atoms with van der Waals surface area (Å²) in [6.07, 6.45) is 0. The molecule has 2 rings (SSSR count). The average Bonchev–Trinajstić information content (AvgIpc) is 2.45. The first-order valence-electron chi connectivity index (χ1n) is 6.82. The zero-order chi connectivity index (χ0) is 14.5. The van der Waals surface area contributed by atoms with E-state index in [2.05, 4.69) is 64.6 Å². The summed E-state index contributed by atoms with van der Waals surface area (Å²) in [4.78, 5) is 0. The molecule has 1 N–H and O–H groups in total. The normalized spacial score (nSPS) is 12.2. The van der Waals surface area contributed by atoms with Gasteiger partial charge in [0.15, 0.2) is 0 Å². The minimum absolute atomic E-state index is 0.183. The van der Waals surface area contributed by atoms with E-state index in [9.17, 15) is 0 Å². The lowest BCUT2D eigenvalue weighted by molar-refractivity contribution is 0.338. The third kappa shape index (κ3) is 3.22. The van der Waals surface area contributed by atoms with E-state index in [1.165, 1.54) is 16.7 Å². The van der Waals surface area contributed by atoms with Crippen LogP contribution in [0.25, 0.3) is 0 Å². The first-order chi connectivity index (χ1) is 9.67. The van der Waals surface area contributed by atoms with E-state index in [0.717, 1.165) is 10.2 Å². The van der Waals surface area contributed by atoms with Crippen LogP contribution in [0.5, 0.6) is 5.75 Å². The molecule has 0 amide bonds. The number of hydrogen-bond donors (Lipinski definition) is 1. The largest absolute Gasteiger partial charge is 0.493 e. The van der Waals surface area contributed by atoms with Crippen LogP contribution < -0.4 is 10.1 Å². The predicted molar refractivity (Wildman–Crippen MR) is 87.4 cm³/mol. The van der Waals surface area contributed by atoms with Gasteiger partial charge in [-0.2, -0.15) is 0 Å². The van der Waals surface area contributed by atoms with Gasteiger partial charge in [0.2, 0.25) is 0 Å². The maximum absolute atomic E-state index is 5.57. The second-order valence-corrected chi connectivity index (χ2v) is 5.56. The van der Waals surface area contributed by atoms with Crippen LogP contribution in [-0.2, 0) is 0 Å². The quantitative estimate of drug-likeness (QED) is 0.871. The van der Waals surface area contributed by atoms with Gasteiger partial charge in [0.25, 0.3) is 0 Å². The molecule has 0 aromatic heterocycles. The molecule has 2 aromatic carbocycles. The molecule has 0 spiro atoms. The second-order valence-electron chi connectivity index (χ2n) is 4.70. The standard InChI is InChI=1S/C17H20BrNO/c1-4-20-16-10-9-13(11-15(16)18)17(19-3)14-8-6-5-7-12(14)2/h5-11,17,19H,4H2,1-3H3. The van der Waals surface area contributed by atoms with E-state index in [-0.39, 0.29) is 6.04 Å². The van der Waals surface area contributed by atoms with Crippen molar-refractivity contribution in [1.82, 2.24) is 5.32 Å². The molecule has 2 nitrogen and oxygen atoms in total. The zero-order valence-corrected chi connectivity index (χ0v) is 13.7. The predicted octanol–water partition coefficient (Wildman–Crippen LogP) is 4.47. The van der Waals surface area contributed by atoms with E-state index in [1.807, 2.05) is 20.0 Å². The first kappa shape index (κ1) is 15.1. The molecule has 0 aliphatic heterocycles. The second kappa shape index (κ2) is 6.91. The maximum Gasteiger partial charge on any atom is 0.133 e. The first-order valence-corrected chi connectivity index (χ1v) is 7.61. The molecule has 106 valence electrons. The fourth-order valence-electron chi connectivity index (χ4n) is 2.38. The number of nitrogens with one attached hydrogen (secondary N) is 1. The highest BCUT2D eigenvalue weighted by Gasteiger charge is 2.15. The minimum Gasteiger partial charge on any atom is -0.493 e. The number of benzene rings is 2. The lowest BCUT2D eigenvalue weighted by Crippen LogP contribution is -2.18. The van der Waals surface area contributed by atoms with Crippen molar-refractivity contribution < 1.29 is 4.74 Å².